The lowest BCUT2D eigenvalue weighted by atomic mass is 10.2. The molecule has 0 aliphatic heterocycles. The maximum atomic E-state index is 11.3. The number of hydrogen-bond donors (Lipinski definition) is 2. The lowest BCUT2D eigenvalue weighted by Gasteiger charge is -2.09. The second-order valence-corrected chi connectivity index (χ2v) is 3.11. The summed E-state index contributed by atoms with van der Waals surface area (Å²) in [6.45, 7) is 0.225. The summed E-state index contributed by atoms with van der Waals surface area (Å²) in [6, 6.07) is 6.85. The average Bonchev–Trinajstić information content (AvgIpc) is 2.30. The van der Waals surface area contributed by atoms with Crippen molar-refractivity contribution in [2.24, 2.45) is 0 Å². The molecule has 0 heterocycles. The highest BCUT2D eigenvalue weighted by Gasteiger charge is 2.07. The van der Waals surface area contributed by atoms with Gasteiger partial charge in [-0.1, -0.05) is 0 Å². The second kappa shape index (κ2) is 5.73. The van der Waals surface area contributed by atoms with E-state index in [1.807, 2.05) is 6.07 Å². The highest BCUT2D eigenvalue weighted by molar-refractivity contribution is 5.93. The monoisotopic (exact) mass is 219 g/mol. The van der Waals surface area contributed by atoms with Crippen LogP contribution in [0.1, 0.15) is 5.56 Å². The fourth-order valence-electron chi connectivity index (χ4n) is 1.22. The van der Waals surface area contributed by atoms with Gasteiger partial charge in [-0.15, -0.1) is 0 Å². The normalized spacial score (nSPS) is 9.31. The van der Waals surface area contributed by atoms with Crippen molar-refractivity contribution in [2.75, 3.05) is 26.0 Å². The van der Waals surface area contributed by atoms with Crippen LogP contribution in [0.3, 0.4) is 0 Å². The van der Waals surface area contributed by atoms with E-state index in [1.165, 1.54) is 7.11 Å². The minimum absolute atomic E-state index is 0.162. The molecule has 0 aliphatic carbocycles. The number of methoxy groups -OCH3 is 1. The molecule has 84 valence electrons. The molecule has 0 fully saturated rings. The molecular weight excluding hydrogens is 206 g/mol. The standard InChI is InChI=1S/C11H13N3O2/c1-13-7-11(15)14-9-4-3-8(6-12)5-10(9)16-2/h3-5,13H,7H2,1-2H3,(H,14,15). The summed E-state index contributed by atoms with van der Waals surface area (Å²) in [4.78, 5) is 11.3. The highest BCUT2D eigenvalue weighted by atomic mass is 16.5. The van der Waals surface area contributed by atoms with Gasteiger partial charge in [0.15, 0.2) is 0 Å². The summed E-state index contributed by atoms with van der Waals surface area (Å²) in [5, 5.41) is 14.1. The molecule has 2 N–H and O–H groups in total. The van der Waals surface area contributed by atoms with Gasteiger partial charge in [-0.05, 0) is 19.2 Å². The summed E-state index contributed by atoms with van der Waals surface area (Å²) in [5.41, 5.74) is 1.05. The fraction of sp³-hybridized carbons (Fsp3) is 0.273. The van der Waals surface area contributed by atoms with Gasteiger partial charge in [0.05, 0.1) is 31.0 Å². The number of carbonyl (C=O) groups is 1. The molecule has 0 saturated heterocycles. The van der Waals surface area contributed by atoms with Gasteiger partial charge in [-0.2, -0.15) is 5.26 Å². The summed E-state index contributed by atoms with van der Waals surface area (Å²) < 4.78 is 5.08. The number of nitrogens with one attached hydrogen (secondary N) is 2. The number of hydrogen-bond acceptors (Lipinski definition) is 4. The first-order chi connectivity index (χ1) is 7.71. The zero-order valence-corrected chi connectivity index (χ0v) is 9.20. The van der Waals surface area contributed by atoms with E-state index in [-0.39, 0.29) is 12.5 Å². The zero-order chi connectivity index (χ0) is 12.0. The van der Waals surface area contributed by atoms with Crippen LogP contribution in [-0.2, 0) is 4.79 Å². The maximum absolute atomic E-state index is 11.3. The van der Waals surface area contributed by atoms with Crippen LogP contribution in [0.4, 0.5) is 5.69 Å². The van der Waals surface area contributed by atoms with E-state index in [1.54, 1.807) is 25.2 Å². The van der Waals surface area contributed by atoms with Crippen LogP contribution in [-0.4, -0.2) is 26.6 Å². The molecule has 0 unspecified atom stereocenters. The Balaban J connectivity index is 2.88. The molecule has 5 nitrogen and oxygen atoms in total. The smallest absolute Gasteiger partial charge is 0.238 e. The molecule has 0 saturated carbocycles. The van der Waals surface area contributed by atoms with Crippen molar-refractivity contribution in [3.8, 4) is 11.8 Å². The molecule has 0 aliphatic rings. The van der Waals surface area contributed by atoms with E-state index in [0.717, 1.165) is 0 Å². The van der Waals surface area contributed by atoms with Gasteiger partial charge in [-0.25, -0.2) is 0 Å². The van der Waals surface area contributed by atoms with Crippen molar-refractivity contribution < 1.29 is 9.53 Å². The number of anilines is 1. The average molecular weight is 219 g/mol. The van der Waals surface area contributed by atoms with E-state index in [2.05, 4.69) is 10.6 Å². The summed E-state index contributed by atoms with van der Waals surface area (Å²) in [6.07, 6.45) is 0. The molecule has 0 spiro atoms. The van der Waals surface area contributed by atoms with E-state index in [0.29, 0.717) is 17.0 Å². The van der Waals surface area contributed by atoms with E-state index < -0.39 is 0 Å². The molecule has 1 amide bonds. The van der Waals surface area contributed by atoms with Crippen LogP contribution in [0.25, 0.3) is 0 Å². The molecule has 1 rings (SSSR count). The fourth-order valence-corrected chi connectivity index (χ4v) is 1.22. The summed E-state index contributed by atoms with van der Waals surface area (Å²) in [7, 11) is 3.18. The van der Waals surface area contributed by atoms with Gasteiger partial charge in [0.1, 0.15) is 5.75 Å². The van der Waals surface area contributed by atoms with E-state index >= 15 is 0 Å². The Morgan fingerprint density at radius 1 is 1.56 bits per heavy atom. The van der Waals surface area contributed by atoms with Crippen molar-refractivity contribution in [3.63, 3.8) is 0 Å². The van der Waals surface area contributed by atoms with Gasteiger partial charge in [0.2, 0.25) is 5.91 Å². The number of amides is 1. The van der Waals surface area contributed by atoms with Gasteiger partial charge < -0.3 is 15.4 Å². The third-order valence-electron chi connectivity index (χ3n) is 1.94. The molecule has 5 heteroatoms. The second-order valence-electron chi connectivity index (χ2n) is 3.11. The number of carbonyl (C=O) groups excluding carboxylic acids is 1. The molecular formula is C11H13N3O2. The number of rotatable bonds is 4. The van der Waals surface area contributed by atoms with Crippen molar-refractivity contribution in [1.82, 2.24) is 5.32 Å². The minimum atomic E-state index is -0.162. The Kier molecular flexibility index (Phi) is 4.30. The Morgan fingerprint density at radius 2 is 2.31 bits per heavy atom. The zero-order valence-electron chi connectivity index (χ0n) is 9.20. The number of benzene rings is 1. The van der Waals surface area contributed by atoms with Crippen LogP contribution in [0.15, 0.2) is 18.2 Å². The van der Waals surface area contributed by atoms with Crippen molar-refractivity contribution in [1.29, 1.82) is 5.26 Å². The molecule has 1 aromatic carbocycles. The third-order valence-corrected chi connectivity index (χ3v) is 1.94. The largest absolute Gasteiger partial charge is 0.495 e. The summed E-state index contributed by atoms with van der Waals surface area (Å²) in [5.74, 6) is 0.314. The first-order valence-corrected chi connectivity index (χ1v) is 4.74. The predicted octanol–water partition coefficient (Wildman–Crippen LogP) is 0.725. The Morgan fingerprint density at radius 3 is 2.88 bits per heavy atom. The van der Waals surface area contributed by atoms with Gasteiger partial charge in [-0.3, -0.25) is 4.79 Å². The lowest BCUT2D eigenvalue weighted by molar-refractivity contribution is -0.115. The quantitative estimate of drug-likeness (QED) is 0.782. The molecule has 0 atom stereocenters. The first-order valence-electron chi connectivity index (χ1n) is 4.74. The predicted molar refractivity (Wildman–Crippen MR) is 60.3 cm³/mol. The third kappa shape index (κ3) is 2.97. The number of ether oxygens (including phenoxy) is 1. The Hall–Kier alpha value is -2.06. The number of nitriles is 1. The Bertz CT molecular complexity index is 424. The lowest BCUT2D eigenvalue weighted by Crippen LogP contribution is -2.25. The van der Waals surface area contributed by atoms with Gasteiger partial charge >= 0.3 is 0 Å². The minimum Gasteiger partial charge on any atom is -0.495 e. The molecule has 0 aromatic heterocycles. The van der Waals surface area contributed by atoms with Gasteiger partial charge in [0.25, 0.3) is 0 Å². The van der Waals surface area contributed by atoms with E-state index in [9.17, 15) is 4.79 Å². The van der Waals surface area contributed by atoms with Crippen molar-refractivity contribution in [2.45, 2.75) is 0 Å². The Labute approximate surface area is 94.0 Å². The molecule has 16 heavy (non-hydrogen) atoms. The van der Waals surface area contributed by atoms with Crippen molar-refractivity contribution >= 4 is 11.6 Å². The van der Waals surface area contributed by atoms with Crippen LogP contribution in [0.5, 0.6) is 5.75 Å². The van der Waals surface area contributed by atoms with Crippen molar-refractivity contribution in [3.05, 3.63) is 23.8 Å². The molecule has 0 bridgehead atoms. The SMILES string of the molecule is CNCC(=O)Nc1ccc(C#N)cc1OC. The number of likely N-dealkylation sites (N-methyl/N-ethyl adjacent to an activating group) is 1. The first kappa shape index (κ1) is 12.0. The van der Waals surface area contributed by atoms with Crippen LogP contribution in [0.2, 0.25) is 0 Å². The molecule has 1 aromatic rings. The topological polar surface area (TPSA) is 74.2 Å². The van der Waals surface area contributed by atoms with Crippen LogP contribution in [0, 0.1) is 11.3 Å². The van der Waals surface area contributed by atoms with Crippen LogP contribution >= 0.6 is 0 Å². The maximum Gasteiger partial charge on any atom is 0.238 e. The summed E-state index contributed by atoms with van der Waals surface area (Å²) >= 11 is 0. The number of nitrogens with zero attached hydrogens (tertiary/aromatic N) is 1. The highest BCUT2D eigenvalue weighted by Crippen LogP contribution is 2.24. The molecule has 0 radical (unpaired) electrons. The van der Waals surface area contributed by atoms with E-state index in [4.69, 9.17) is 10.00 Å². The van der Waals surface area contributed by atoms with Crippen LogP contribution < -0.4 is 15.4 Å². The van der Waals surface area contributed by atoms with Gasteiger partial charge in [0, 0.05) is 6.07 Å².